The molecule has 3 nitrogen and oxygen atoms in total. The Morgan fingerprint density at radius 3 is 2.11 bits per heavy atom. The molecule has 9 heavy (non-hydrogen) atoms. The summed E-state index contributed by atoms with van der Waals surface area (Å²) < 4.78 is 0. The summed E-state index contributed by atoms with van der Waals surface area (Å²) in [6.07, 6.45) is 0. The van der Waals surface area contributed by atoms with Crippen molar-refractivity contribution in [2.45, 2.75) is 13.8 Å². The fraction of sp³-hybridized carbons (Fsp3) is 0.333. The minimum atomic E-state index is 0.171. The second-order valence-electron chi connectivity index (χ2n) is 2.14. The number of aryl methyl sites for hydroxylation is 1. The van der Waals surface area contributed by atoms with Crippen molar-refractivity contribution in [2.24, 2.45) is 0 Å². The number of nitrogens with two attached hydrogens (primary N) is 1. The number of aromatic amines is 1. The summed E-state index contributed by atoms with van der Waals surface area (Å²) in [5, 5.41) is 8.99. The number of hydrogen-bond acceptors (Lipinski definition) is 2. The van der Waals surface area contributed by atoms with Gasteiger partial charge in [0.15, 0.2) is 5.88 Å². The van der Waals surface area contributed by atoms with Gasteiger partial charge in [-0.15, -0.1) is 0 Å². The third-order valence-electron chi connectivity index (χ3n) is 1.47. The van der Waals surface area contributed by atoms with Crippen molar-refractivity contribution < 1.29 is 5.11 Å². The molecule has 0 atom stereocenters. The van der Waals surface area contributed by atoms with E-state index in [1.54, 1.807) is 6.92 Å². The van der Waals surface area contributed by atoms with Crippen LogP contribution in [0.15, 0.2) is 0 Å². The second kappa shape index (κ2) is 1.69. The van der Waals surface area contributed by atoms with Crippen LogP contribution in [0.25, 0.3) is 0 Å². The number of anilines is 1. The van der Waals surface area contributed by atoms with E-state index in [4.69, 9.17) is 10.8 Å². The van der Waals surface area contributed by atoms with Crippen molar-refractivity contribution in [3.8, 4) is 5.88 Å². The maximum absolute atomic E-state index is 8.99. The third kappa shape index (κ3) is 0.740. The van der Waals surface area contributed by atoms with Crippen molar-refractivity contribution in [1.82, 2.24) is 4.98 Å². The average molecular weight is 126 g/mol. The quantitative estimate of drug-likeness (QED) is 0.484. The summed E-state index contributed by atoms with van der Waals surface area (Å²) in [6.45, 7) is 3.59. The van der Waals surface area contributed by atoms with Gasteiger partial charge in [-0.05, 0) is 13.8 Å². The van der Waals surface area contributed by atoms with Crippen molar-refractivity contribution >= 4 is 5.69 Å². The molecule has 0 fully saturated rings. The van der Waals surface area contributed by atoms with E-state index in [2.05, 4.69) is 4.98 Å². The lowest BCUT2D eigenvalue weighted by Gasteiger charge is -1.87. The van der Waals surface area contributed by atoms with E-state index >= 15 is 0 Å². The first-order chi connectivity index (χ1) is 4.13. The molecule has 0 unspecified atom stereocenters. The zero-order valence-electron chi connectivity index (χ0n) is 5.52. The van der Waals surface area contributed by atoms with Gasteiger partial charge in [0.05, 0.1) is 5.69 Å². The Morgan fingerprint density at radius 2 is 2.00 bits per heavy atom. The maximum Gasteiger partial charge on any atom is 0.193 e. The second-order valence-corrected chi connectivity index (χ2v) is 2.14. The molecule has 0 radical (unpaired) electrons. The Kier molecular flexibility index (Phi) is 1.12. The normalized spacial score (nSPS) is 10.0. The summed E-state index contributed by atoms with van der Waals surface area (Å²) >= 11 is 0. The molecule has 1 rings (SSSR count). The van der Waals surface area contributed by atoms with Crippen LogP contribution in [0.3, 0.4) is 0 Å². The largest absolute Gasteiger partial charge is 0.494 e. The Labute approximate surface area is 53.5 Å². The van der Waals surface area contributed by atoms with Gasteiger partial charge in [-0.1, -0.05) is 0 Å². The molecule has 1 heterocycles. The minimum Gasteiger partial charge on any atom is -0.494 e. The Bertz CT molecular complexity index is 205. The molecule has 4 N–H and O–H groups in total. The first-order valence-corrected chi connectivity index (χ1v) is 2.76. The van der Waals surface area contributed by atoms with E-state index < -0.39 is 0 Å². The number of aromatic hydroxyl groups is 1. The highest BCUT2D eigenvalue weighted by atomic mass is 16.3. The first-order valence-electron chi connectivity index (χ1n) is 2.76. The molecule has 0 aliphatic carbocycles. The van der Waals surface area contributed by atoms with Crippen molar-refractivity contribution in [3.05, 3.63) is 11.3 Å². The van der Waals surface area contributed by atoms with E-state index in [0.29, 0.717) is 5.69 Å². The Balaban J connectivity index is 3.29. The predicted octanol–water partition coefficient (Wildman–Crippen LogP) is 0.919. The summed E-state index contributed by atoms with van der Waals surface area (Å²) in [7, 11) is 0. The van der Waals surface area contributed by atoms with Crippen LogP contribution >= 0.6 is 0 Å². The number of H-pyrrole nitrogens is 1. The third-order valence-corrected chi connectivity index (χ3v) is 1.47. The van der Waals surface area contributed by atoms with Crippen LogP contribution in [0, 0.1) is 13.8 Å². The van der Waals surface area contributed by atoms with Crippen LogP contribution in [0.2, 0.25) is 0 Å². The summed E-state index contributed by atoms with van der Waals surface area (Å²) in [5.41, 5.74) is 7.71. The molecule has 0 amide bonds. The van der Waals surface area contributed by atoms with Gasteiger partial charge in [0.2, 0.25) is 0 Å². The molecule has 50 valence electrons. The fourth-order valence-corrected chi connectivity index (χ4v) is 0.747. The Morgan fingerprint density at radius 1 is 1.44 bits per heavy atom. The van der Waals surface area contributed by atoms with Crippen LogP contribution in [-0.2, 0) is 0 Å². The lowest BCUT2D eigenvalue weighted by molar-refractivity contribution is 0.452. The van der Waals surface area contributed by atoms with Gasteiger partial charge in [-0.2, -0.15) is 0 Å². The van der Waals surface area contributed by atoms with E-state index in [0.717, 1.165) is 11.3 Å². The first kappa shape index (κ1) is 6.01. The van der Waals surface area contributed by atoms with Crippen LogP contribution in [0.4, 0.5) is 5.69 Å². The lowest BCUT2D eigenvalue weighted by atomic mass is 10.3. The summed E-state index contributed by atoms with van der Waals surface area (Å²) in [6, 6.07) is 0. The SMILES string of the molecule is Cc1[nH]c(O)c(C)c1N. The van der Waals surface area contributed by atoms with Crippen molar-refractivity contribution in [2.75, 3.05) is 5.73 Å². The molecule has 0 spiro atoms. The molecule has 1 aromatic rings. The van der Waals surface area contributed by atoms with Crippen molar-refractivity contribution in [1.29, 1.82) is 0 Å². The van der Waals surface area contributed by atoms with Gasteiger partial charge >= 0.3 is 0 Å². The van der Waals surface area contributed by atoms with Crippen LogP contribution < -0.4 is 5.73 Å². The van der Waals surface area contributed by atoms with Crippen LogP contribution in [0.1, 0.15) is 11.3 Å². The van der Waals surface area contributed by atoms with Gasteiger partial charge in [0, 0.05) is 11.3 Å². The molecular formula is C6H10N2O. The van der Waals surface area contributed by atoms with Crippen molar-refractivity contribution in [3.63, 3.8) is 0 Å². The smallest absolute Gasteiger partial charge is 0.193 e. The van der Waals surface area contributed by atoms with Gasteiger partial charge in [0.25, 0.3) is 0 Å². The topological polar surface area (TPSA) is 62.0 Å². The highest BCUT2D eigenvalue weighted by Gasteiger charge is 2.04. The molecule has 0 aromatic carbocycles. The average Bonchev–Trinajstić information content (AvgIpc) is 1.98. The predicted molar refractivity (Wildman–Crippen MR) is 36.3 cm³/mol. The van der Waals surface area contributed by atoms with Crippen LogP contribution in [0.5, 0.6) is 5.88 Å². The van der Waals surface area contributed by atoms with E-state index in [-0.39, 0.29) is 5.88 Å². The standard InChI is InChI=1S/C6H10N2O/c1-3-5(7)4(2)8-6(3)9/h8-9H,7H2,1-2H3. The van der Waals surface area contributed by atoms with Crippen LogP contribution in [-0.4, -0.2) is 10.1 Å². The fourth-order valence-electron chi connectivity index (χ4n) is 0.747. The number of nitrogens with one attached hydrogen (secondary N) is 1. The molecule has 0 saturated heterocycles. The number of nitrogen functional groups attached to an aromatic ring is 1. The zero-order chi connectivity index (χ0) is 7.02. The molecule has 1 aromatic heterocycles. The highest BCUT2D eigenvalue weighted by molar-refractivity contribution is 5.55. The molecule has 0 saturated carbocycles. The minimum absolute atomic E-state index is 0.171. The van der Waals surface area contributed by atoms with Gasteiger partial charge in [-0.25, -0.2) is 0 Å². The molecular weight excluding hydrogens is 116 g/mol. The molecule has 0 aliphatic heterocycles. The maximum atomic E-state index is 8.99. The molecule has 3 heteroatoms. The summed E-state index contributed by atoms with van der Waals surface area (Å²) in [5.74, 6) is 0.171. The monoisotopic (exact) mass is 126 g/mol. The summed E-state index contributed by atoms with van der Waals surface area (Å²) in [4.78, 5) is 2.71. The number of rotatable bonds is 0. The van der Waals surface area contributed by atoms with E-state index in [9.17, 15) is 0 Å². The Hall–Kier alpha value is -1.12. The number of aromatic nitrogens is 1. The van der Waals surface area contributed by atoms with E-state index in [1.165, 1.54) is 0 Å². The molecule has 0 bridgehead atoms. The zero-order valence-corrected chi connectivity index (χ0v) is 5.52. The van der Waals surface area contributed by atoms with Gasteiger partial charge in [0.1, 0.15) is 0 Å². The van der Waals surface area contributed by atoms with Gasteiger partial charge in [-0.3, -0.25) is 0 Å². The number of hydrogen-bond donors (Lipinski definition) is 3. The van der Waals surface area contributed by atoms with Gasteiger partial charge < -0.3 is 15.8 Å². The highest BCUT2D eigenvalue weighted by Crippen LogP contribution is 2.23. The molecule has 0 aliphatic rings. The van der Waals surface area contributed by atoms with E-state index in [1.807, 2.05) is 6.92 Å². The lowest BCUT2D eigenvalue weighted by Crippen LogP contribution is -1.85.